The molecule has 1 heterocycles. The number of rotatable bonds is 7. The van der Waals surface area contributed by atoms with Gasteiger partial charge < -0.3 is 14.6 Å². The molecule has 0 aliphatic heterocycles. The summed E-state index contributed by atoms with van der Waals surface area (Å²) < 4.78 is 11.0. The first-order valence-electron chi connectivity index (χ1n) is 6.36. The van der Waals surface area contributed by atoms with E-state index in [9.17, 15) is 4.79 Å². The molecule has 1 aromatic heterocycles. The minimum absolute atomic E-state index is 0.307. The van der Waals surface area contributed by atoms with E-state index in [2.05, 4.69) is 6.58 Å². The number of thiophene rings is 1. The van der Waals surface area contributed by atoms with Crippen molar-refractivity contribution in [1.82, 2.24) is 0 Å². The highest BCUT2D eigenvalue weighted by Gasteiger charge is 2.09. The molecule has 2 aromatic rings. The molecule has 0 unspecified atom stereocenters. The van der Waals surface area contributed by atoms with E-state index in [-0.39, 0.29) is 0 Å². The molecule has 0 fully saturated rings. The number of hydrogen-bond acceptors (Lipinski definition) is 4. The zero-order valence-corrected chi connectivity index (χ0v) is 12.5. The highest BCUT2D eigenvalue weighted by Crippen LogP contribution is 2.29. The van der Waals surface area contributed by atoms with Crippen molar-refractivity contribution in [3.8, 4) is 11.5 Å². The summed E-state index contributed by atoms with van der Waals surface area (Å²) in [5.41, 5.74) is 1.10. The van der Waals surface area contributed by atoms with Crippen molar-refractivity contribution in [1.29, 1.82) is 0 Å². The fraction of sp³-hybridized carbons (Fsp3) is 0.188. The second-order valence-electron chi connectivity index (χ2n) is 4.34. The van der Waals surface area contributed by atoms with Crippen molar-refractivity contribution in [3.63, 3.8) is 0 Å². The Morgan fingerprint density at radius 3 is 2.76 bits per heavy atom. The molecular formula is C16H16O4S. The van der Waals surface area contributed by atoms with E-state index in [0.717, 1.165) is 16.9 Å². The van der Waals surface area contributed by atoms with Crippen molar-refractivity contribution >= 4 is 17.3 Å². The van der Waals surface area contributed by atoms with Gasteiger partial charge in [0.15, 0.2) is 11.5 Å². The number of carboxylic acid groups (broad SMARTS) is 1. The maximum Gasteiger partial charge on any atom is 0.345 e. The predicted molar refractivity (Wildman–Crippen MR) is 82.5 cm³/mol. The van der Waals surface area contributed by atoms with Gasteiger partial charge in [0.05, 0.1) is 7.11 Å². The van der Waals surface area contributed by atoms with Gasteiger partial charge in [-0.05, 0) is 36.2 Å². The lowest BCUT2D eigenvalue weighted by atomic mass is 10.1. The van der Waals surface area contributed by atoms with Gasteiger partial charge in [0.1, 0.15) is 11.5 Å². The summed E-state index contributed by atoms with van der Waals surface area (Å²) >= 11 is 1.21. The summed E-state index contributed by atoms with van der Waals surface area (Å²) in [5.74, 6) is 0.373. The van der Waals surface area contributed by atoms with E-state index in [1.165, 1.54) is 11.3 Å². The maximum atomic E-state index is 10.8. The highest BCUT2D eigenvalue weighted by atomic mass is 32.1. The standard InChI is InChI=1S/C16H16O4S/c1-3-4-11-5-7-13(14(9-11)19-2)20-10-12-6-8-15(21-12)16(17)18/h3,5-9H,1,4,10H2,2H3,(H,17,18). The Morgan fingerprint density at radius 1 is 1.33 bits per heavy atom. The minimum atomic E-state index is -0.919. The molecule has 1 aromatic carbocycles. The van der Waals surface area contributed by atoms with Crippen LogP contribution in [0.4, 0.5) is 0 Å². The molecule has 110 valence electrons. The first-order chi connectivity index (χ1) is 10.1. The number of hydrogen-bond donors (Lipinski definition) is 1. The molecule has 1 N–H and O–H groups in total. The van der Waals surface area contributed by atoms with Gasteiger partial charge in [-0.25, -0.2) is 4.79 Å². The lowest BCUT2D eigenvalue weighted by Gasteiger charge is -2.11. The molecule has 4 nitrogen and oxygen atoms in total. The van der Waals surface area contributed by atoms with Crippen LogP contribution in [0.5, 0.6) is 11.5 Å². The van der Waals surface area contributed by atoms with Gasteiger partial charge in [-0.3, -0.25) is 0 Å². The van der Waals surface area contributed by atoms with Crippen molar-refractivity contribution in [2.24, 2.45) is 0 Å². The van der Waals surface area contributed by atoms with Crippen molar-refractivity contribution < 1.29 is 19.4 Å². The molecule has 0 atom stereocenters. The second kappa shape index (κ2) is 6.95. The molecule has 0 spiro atoms. The Balaban J connectivity index is 2.07. The molecule has 0 radical (unpaired) electrons. The number of allylic oxidation sites excluding steroid dienone is 1. The normalized spacial score (nSPS) is 10.1. The number of ether oxygens (including phenoxy) is 2. The molecule has 0 bridgehead atoms. The predicted octanol–water partition coefficient (Wildman–Crippen LogP) is 3.76. The van der Waals surface area contributed by atoms with Gasteiger partial charge >= 0.3 is 5.97 Å². The van der Waals surface area contributed by atoms with Gasteiger partial charge in [0.25, 0.3) is 0 Å². The van der Waals surface area contributed by atoms with Crippen LogP contribution >= 0.6 is 11.3 Å². The first-order valence-corrected chi connectivity index (χ1v) is 7.18. The van der Waals surface area contributed by atoms with Gasteiger partial charge in [-0.1, -0.05) is 12.1 Å². The minimum Gasteiger partial charge on any atom is -0.493 e. The second-order valence-corrected chi connectivity index (χ2v) is 5.51. The van der Waals surface area contributed by atoms with E-state index in [1.54, 1.807) is 19.2 Å². The Bertz CT molecular complexity index is 645. The average Bonchev–Trinajstić information content (AvgIpc) is 2.95. The largest absolute Gasteiger partial charge is 0.493 e. The molecule has 0 aliphatic rings. The summed E-state index contributed by atoms with van der Waals surface area (Å²) in [4.78, 5) is 12.0. The molecule has 0 saturated heterocycles. The van der Waals surface area contributed by atoms with Gasteiger partial charge in [-0.2, -0.15) is 0 Å². The van der Waals surface area contributed by atoms with Crippen LogP contribution in [0.2, 0.25) is 0 Å². The summed E-state index contributed by atoms with van der Waals surface area (Å²) in [6.45, 7) is 4.02. The summed E-state index contributed by atoms with van der Waals surface area (Å²) in [7, 11) is 1.59. The third-order valence-corrected chi connectivity index (χ3v) is 3.90. The Hall–Kier alpha value is -2.27. The summed E-state index contributed by atoms with van der Waals surface area (Å²) in [6.07, 6.45) is 2.60. The first kappa shape index (κ1) is 15.1. The Kier molecular flexibility index (Phi) is 5.00. The van der Waals surface area contributed by atoms with Crippen LogP contribution in [-0.4, -0.2) is 18.2 Å². The summed E-state index contributed by atoms with van der Waals surface area (Å²) in [6, 6.07) is 9.05. The fourth-order valence-electron chi connectivity index (χ4n) is 1.84. The maximum absolute atomic E-state index is 10.8. The number of carboxylic acids is 1. The van der Waals surface area contributed by atoms with E-state index in [1.807, 2.05) is 24.3 Å². The van der Waals surface area contributed by atoms with E-state index in [0.29, 0.717) is 23.0 Å². The van der Waals surface area contributed by atoms with Crippen LogP contribution in [0, 0.1) is 0 Å². The Labute approximate surface area is 127 Å². The molecule has 0 amide bonds. The molecule has 0 saturated carbocycles. The van der Waals surface area contributed by atoms with Crippen molar-refractivity contribution in [2.75, 3.05) is 7.11 Å². The monoisotopic (exact) mass is 304 g/mol. The number of aromatic carboxylic acids is 1. The zero-order chi connectivity index (χ0) is 15.2. The zero-order valence-electron chi connectivity index (χ0n) is 11.7. The quantitative estimate of drug-likeness (QED) is 0.791. The van der Waals surface area contributed by atoms with Gasteiger partial charge in [0, 0.05) is 4.88 Å². The van der Waals surface area contributed by atoms with Gasteiger partial charge in [0.2, 0.25) is 0 Å². The smallest absolute Gasteiger partial charge is 0.345 e. The topological polar surface area (TPSA) is 55.8 Å². The third kappa shape index (κ3) is 3.86. The van der Waals surface area contributed by atoms with Gasteiger partial charge in [-0.15, -0.1) is 17.9 Å². The third-order valence-electron chi connectivity index (χ3n) is 2.85. The number of methoxy groups -OCH3 is 1. The Morgan fingerprint density at radius 2 is 2.14 bits per heavy atom. The molecule has 5 heteroatoms. The highest BCUT2D eigenvalue weighted by molar-refractivity contribution is 7.13. The summed E-state index contributed by atoms with van der Waals surface area (Å²) in [5, 5.41) is 8.89. The van der Waals surface area contributed by atoms with Crippen LogP contribution < -0.4 is 9.47 Å². The lowest BCUT2D eigenvalue weighted by Crippen LogP contribution is -1.97. The molecular weight excluding hydrogens is 288 g/mol. The molecule has 0 aliphatic carbocycles. The van der Waals surface area contributed by atoms with Crippen LogP contribution in [0.15, 0.2) is 43.0 Å². The van der Waals surface area contributed by atoms with Crippen molar-refractivity contribution in [2.45, 2.75) is 13.0 Å². The SMILES string of the molecule is C=CCc1ccc(OCc2ccc(C(=O)O)s2)c(OC)c1. The lowest BCUT2D eigenvalue weighted by molar-refractivity contribution is 0.0702. The van der Waals surface area contributed by atoms with Crippen LogP contribution in [0.1, 0.15) is 20.1 Å². The number of carbonyl (C=O) groups is 1. The van der Waals surface area contributed by atoms with Crippen LogP contribution in [-0.2, 0) is 13.0 Å². The molecule has 21 heavy (non-hydrogen) atoms. The van der Waals surface area contributed by atoms with Crippen LogP contribution in [0.25, 0.3) is 0 Å². The fourth-order valence-corrected chi connectivity index (χ4v) is 2.60. The average molecular weight is 304 g/mol. The molecule has 2 rings (SSSR count). The van der Waals surface area contributed by atoms with E-state index >= 15 is 0 Å². The van der Waals surface area contributed by atoms with Crippen LogP contribution in [0.3, 0.4) is 0 Å². The number of benzene rings is 1. The van der Waals surface area contributed by atoms with E-state index < -0.39 is 5.97 Å². The van der Waals surface area contributed by atoms with Crippen molar-refractivity contribution in [3.05, 3.63) is 58.3 Å². The van der Waals surface area contributed by atoms with E-state index in [4.69, 9.17) is 14.6 Å².